The molecule has 3 nitrogen and oxygen atoms in total. The predicted molar refractivity (Wildman–Crippen MR) is 64.9 cm³/mol. The molecular weight excluding hydrogens is 258 g/mol. The fourth-order valence-corrected chi connectivity index (χ4v) is 3.12. The first kappa shape index (κ1) is 14.2. The molecule has 0 amide bonds. The van der Waals surface area contributed by atoms with Gasteiger partial charge in [0.15, 0.2) is 9.84 Å². The number of halogens is 1. The molecule has 0 atom stereocenters. The molecular formula is C12H15ClNO2S-. The second-order valence-corrected chi connectivity index (χ2v) is 6.12. The van der Waals surface area contributed by atoms with Crippen LogP contribution in [0, 0.1) is 0 Å². The van der Waals surface area contributed by atoms with E-state index >= 15 is 0 Å². The molecule has 0 fully saturated rings. The van der Waals surface area contributed by atoms with Gasteiger partial charge in [-0.1, -0.05) is 36.4 Å². The summed E-state index contributed by atoms with van der Waals surface area (Å²) in [5.74, 6) is 0.421. The Hall–Kier alpha value is -0.840. The van der Waals surface area contributed by atoms with E-state index in [1.54, 1.807) is 0 Å². The van der Waals surface area contributed by atoms with Crippen LogP contribution >= 0.6 is 0 Å². The molecule has 0 unspecified atom stereocenters. The summed E-state index contributed by atoms with van der Waals surface area (Å²) < 4.78 is 22.4. The molecule has 2 rings (SSSR count). The third-order valence-electron chi connectivity index (χ3n) is 2.56. The van der Waals surface area contributed by atoms with E-state index in [2.05, 4.69) is 5.32 Å². The summed E-state index contributed by atoms with van der Waals surface area (Å²) in [6.45, 7) is 1.44. The number of hydrogen-bond acceptors (Lipinski definition) is 3. The maximum Gasteiger partial charge on any atom is 0.157 e. The highest BCUT2D eigenvalue weighted by Crippen LogP contribution is 2.10. The van der Waals surface area contributed by atoms with Crippen LogP contribution in [0.4, 0.5) is 0 Å². The second-order valence-electron chi connectivity index (χ2n) is 4.01. The molecule has 94 valence electrons. The largest absolute Gasteiger partial charge is 1.00 e. The molecule has 17 heavy (non-hydrogen) atoms. The minimum absolute atomic E-state index is 0. The van der Waals surface area contributed by atoms with Gasteiger partial charge in [0.1, 0.15) is 0 Å². The Balaban J connectivity index is 0.00000144. The highest BCUT2D eigenvalue weighted by atomic mass is 35.5. The van der Waals surface area contributed by atoms with Crippen molar-refractivity contribution in [3.05, 3.63) is 47.5 Å². The Morgan fingerprint density at radius 1 is 1.12 bits per heavy atom. The van der Waals surface area contributed by atoms with E-state index in [0.717, 1.165) is 12.1 Å². The van der Waals surface area contributed by atoms with Crippen molar-refractivity contribution < 1.29 is 20.8 Å². The van der Waals surface area contributed by atoms with Crippen molar-refractivity contribution in [3.63, 3.8) is 0 Å². The van der Waals surface area contributed by atoms with E-state index in [1.165, 1.54) is 5.56 Å². The molecule has 1 aromatic carbocycles. The zero-order valence-electron chi connectivity index (χ0n) is 9.40. The average molecular weight is 273 g/mol. The van der Waals surface area contributed by atoms with Crippen LogP contribution in [0.15, 0.2) is 42.0 Å². The van der Waals surface area contributed by atoms with Gasteiger partial charge in [-0.25, -0.2) is 8.42 Å². The van der Waals surface area contributed by atoms with Crippen molar-refractivity contribution in [2.45, 2.75) is 6.54 Å². The summed E-state index contributed by atoms with van der Waals surface area (Å²) in [4.78, 5) is 0. The van der Waals surface area contributed by atoms with Crippen LogP contribution in [0.25, 0.3) is 0 Å². The smallest absolute Gasteiger partial charge is 0.157 e. The van der Waals surface area contributed by atoms with Gasteiger partial charge in [-0.2, -0.15) is 0 Å². The molecule has 1 heterocycles. The van der Waals surface area contributed by atoms with Crippen LogP contribution in [-0.4, -0.2) is 26.5 Å². The SMILES string of the molecule is O=S1(=O)CC=C(CNCc2ccccc2)C1.[Cl-]. The molecule has 0 radical (unpaired) electrons. The monoisotopic (exact) mass is 272 g/mol. The number of hydrogen-bond donors (Lipinski definition) is 1. The van der Waals surface area contributed by atoms with Gasteiger partial charge in [0, 0.05) is 13.1 Å². The molecule has 1 aromatic rings. The minimum atomic E-state index is -2.82. The predicted octanol–water partition coefficient (Wildman–Crippen LogP) is -1.86. The van der Waals surface area contributed by atoms with Crippen molar-refractivity contribution in [2.24, 2.45) is 0 Å². The Kier molecular flexibility index (Phi) is 5.18. The fourth-order valence-electron chi connectivity index (χ4n) is 1.73. The Morgan fingerprint density at radius 3 is 2.41 bits per heavy atom. The van der Waals surface area contributed by atoms with Gasteiger partial charge in [-0.3, -0.25) is 0 Å². The Labute approximate surface area is 108 Å². The lowest BCUT2D eigenvalue weighted by molar-refractivity contribution is -0.00000573. The third-order valence-corrected chi connectivity index (χ3v) is 4.04. The summed E-state index contributed by atoms with van der Waals surface area (Å²) in [5, 5.41) is 3.25. The Bertz CT molecular complexity index is 482. The maximum atomic E-state index is 11.2. The summed E-state index contributed by atoms with van der Waals surface area (Å²) in [7, 11) is -2.82. The molecule has 1 aliphatic heterocycles. The molecule has 1 aliphatic rings. The van der Waals surface area contributed by atoms with E-state index in [4.69, 9.17) is 0 Å². The maximum absolute atomic E-state index is 11.2. The molecule has 0 saturated carbocycles. The highest BCUT2D eigenvalue weighted by Gasteiger charge is 2.18. The van der Waals surface area contributed by atoms with Crippen molar-refractivity contribution >= 4 is 9.84 Å². The van der Waals surface area contributed by atoms with E-state index in [1.807, 2.05) is 36.4 Å². The minimum Gasteiger partial charge on any atom is -1.00 e. The lowest BCUT2D eigenvalue weighted by Crippen LogP contribution is -3.00. The molecule has 0 aromatic heterocycles. The highest BCUT2D eigenvalue weighted by molar-refractivity contribution is 7.92. The second kappa shape index (κ2) is 6.19. The van der Waals surface area contributed by atoms with E-state index < -0.39 is 9.84 Å². The zero-order chi connectivity index (χ0) is 11.4. The molecule has 1 N–H and O–H groups in total. The normalized spacial score (nSPS) is 17.3. The van der Waals surface area contributed by atoms with Gasteiger partial charge in [0.2, 0.25) is 0 Å². The van der Waals surface area contributed by atoms with Crippen LogP contribution in [0.5, 0.6) is 0 Å². The third kappa shape index (κ3) is 4.50. The van der Waals surface area contributed by atoms with Crippen LogP contribution < -0.4 is 17.7 Å². The first-order valence-corrected chi connectivity index (χ1v) is 7.11. The van der Waals surface area contributed by atoms with Gasteiger partial charge in [0.25, 0.3) is 0 Å². The van der Waals surface area contributed by atoms with Crippen molar-refractivity contribution in [2.75, 3.05) is 18.1 Å². The Morgan fingerprint density at radius 2 is 1.82 bits per heavy atom. The van der Waals surface area contributed by atoms with Gasteiger partial charge >= 0.3 is 0 Å². The van der Waals surface area contributed by atoms with Crippen LogP contribution in [0.1, 0.15) is 5.56 Å². The topological polar surface area (TPSA) is 46.2 Å². The summed E-state index contributed by atoms with van der Waals surface area (Å²) in [6, 6.07) is 10.1. The standard InChI is InChI=1S/C12H15NO2S.ClH/c14-16(15)7-6-12(10-16)9-13-8-11-4-2-1-3-5-11;/h1-6,13H,7-10H2;1H/p-1. The van der Waals surface area contributed by atoms with Crippen molar-refractivity contribution in [1.29, 1.82) is 0 Å². The molecule has 0 bridgehead atoms. The number of sulfone groups is 1. The first-order chi connectivity index (χ1) is 7.66. The first-order valence-electron chi connectivity index (χ1n) is 5.29. The average Bonchev–Trinajstić information content (AvgIpc) is 2.60. The van der Waals surface area contributed by atoms with E-state index in [-0.39, 0.29) is 23.9 Å². The van der Waals surface area contributed by atoms with Gasteiger partial charge in [0.05, 0.1) is 11.5 Å². The molecule has 0 saturated heterocycles. The number of benzene rings is 1. The molecule has 5 heteroatoms. The lowest BCUT2D eigenvalue weighted by atomic mass is 10.2. The van der Waals surface area contributed by atoms with Gasteiger partial charge in [-0.15, -0.1) is 0 Å². The summed E-state index contributed by atoms with van der Waals surface area (Å²) in [6.07, 6.45) is 1.81. The van der Waals surface area contributed by atoms with E-state index in [0.29, 0.717) is 6.54 Å². The fraction of sp³-hybridized carbons (Fsp3) is 0.333. The van der Waals surface area contributed by atoms with Crippen LogP contribution in [0.3, 0.4) is 0 Å². The number of rotatable bonds is 4. The van der Waals surface area contributed by atoms with Crippen LogP contribution in [0.2, 0.25) is 0 Å². The van der Waals surface area contributed by atoms with Crippen LogP contribution in [-0.2, 0) is 16.4 Å². The summed E-state index contributed by atoms with van der Waals surface area (Å²) in [5.41, 5.74) is 2.19. The molecule has 0 aliphatic carbocycles. The van der Waals surface area contributed by atoms with Gasteiger partial charge < -0.3 is 17.7 Å². The van der Waals surface area contributed by atoms with Crippen molar-refractivity contribution in [3.8, 4) is 0 Å². The zero-order valence-corrected chi connectivity index (χ0v) is 11.0. The quantitative estimate of drug-likeness (QED) is 0.654. The van der Waals surface area contributed by atoms with Gasteiger partial charge in [-0.05, 0) is 11.1 Å². The lowest BCUT2D eigenvalue weighted by Gasteiger charge is -2.04. The number of nitrogens with one attached hydrogen (secondary N) is 1. The molecule has 0 spiro atoms. The summed E-state index contributed by atoms with van der Waals surface area (Å²) >= 11 is 0. The van der Waals surface area contributed by atoms with E-state index in [9.17, 15) is 8.42 Å². The van der Waals surface area contributed by atoms with Crippen molar-refractivity contribution in [1.82, 2.24) is 5.32 Å².